The van der Waals surface area contributed by atoms with E-state index in [1.807, 2.05) is 13.8 Å². The van der Waals surface area contributed by atoms with Crippen molar-refractivity contribution in [3.05, 3.63) is 0 Å². The predicted octanol–water partition coefficient (Wildman–Crippen LogP) is -0.802. The van der Waals surface area contributed by atoms with E-state index in [2.05, 4.69) is 5.43 Å². The summed E-state index contributed by atoms with van der Waals surface area (Å²) < 4.78 is 0. The molecule has 1 heterocycles. The van der Waals surface area contributed by atoms with E-state index in [9.17, 15) is 9.59 Å². The molecule has 1 N–H and O–H groups in total. The number of carbonyl (C=O) groups is 2. The van der Waals surface area contributed by atoms with E-state index in [1.165, 1.54) is 5.01 Å². The van der Waals surface area contributed by atoms with Gasteiger partial charge in [-0.3, -0.25) is 19.5 Å². The highest BCUT2D eigenvalue weighted by Gasteiger charge is 2.40. The smallest absolute Gasteiger partial charge is 0.286 e. The Kier molecular flexibility index (Phi) is 2.68. The molecule has 0 bridgehead atoms. The average molecular weight is 185 g/mol. The summed E-state index contributed by atoms with van der Waals surface area (Å²) >= 11 is 0. The van der Waals surface area contributed by atoms with E-state index < -0.39 is 17.9 Å². The molecule has 1 amide bonds. The Balaban J connectivity index is 2.79. The van der Waals surface area contributed by atoms with Gasteiger partial charge in [-0.2, -0.15) is 0 Å². The molecule has 0 spiro atoms. The molecule has 0 aliphatic carbocycles. The fourth-order valence-corrected chi connectivity index (χ4v) is 1.22. The largest absolute Gasteiger partial charge is 0.307 e. The molecule has 1 atom stereocenters. The SMILES string of the molecule is CC(C)N1NC(N(C)C)C(=O)C1=O. The second-order valence-electron chi connectivity index (χ2n) is 3.63. The van der Waals surface area contributed by atoms with Gasteiger partial charge in [0.15, 0.2) is 0 Å². The summed E-state index contributed by atoms with van der Waals surface area (Å²) in [4.78, 5) is 24.4. The Labute approximate surface area is 77.7 Å². The molecule has 0 radical (unpaired) electrons. The first-order valence-corrected chi connectivity index (χ1v) is 4.25. The Morgan fingerprint density at radius 3 is 2.15 bits per heavy atom. The minimum Gasteiger partial charge on any atom is -0.286 e. The molecule has 0 aromatic heterocycles. The maximum atomic E-state index is 11.4. The van der Waals surface area contributed by atoms with Crippen molar-refractivity contribution in [3.8, 4) is 0 Å². The van der Waals surface area contributed by atoms with Gasteiger partial charge in [0.05, 0.1) is 0 Å². The number of nitrogens with zero attached hydrogens (tertiary/aromatic N) is 2. The summed E-state index contributed by atoms with van der Waals surface area (Å²) in [7, 11) is 3.51. The van der Waals surface area contributed by atoms with Crippen LogP contribution in [-0.2, 0) is 9.59 Å². The highest BCUT2D eigenvalue weighted by atomic mass is 16.2. The van der Waals surface area contributed by atoms with Gasteiger partial charge in [-0.15, -0.1) is 0 Å². The lowest BCUT2D eigenvalue weighted by Crippen LogP contribution is -2.47. The minimum atomic E-state index is -0.505. The second-order valence-corrected chi connectivity index (χ2v) is 3.63. The molecule has 0 saturated carbocycles. The third kappa shape index (κ3) is 1.71. The van der Waals surface area contributed by atoms with Gasteiger partial charge in [0.1, 0.15) is 6.17 Å². The van der Waals surface area contributed by atoms with E-state index in [-0.39, 0.29) is 6.04 Å². The first-order chi connectivity index (χ1) is 5.95. The highest BCUT2D eigenvalue weighted by Crippen LogP contribution is 2.08. The number of hydrazine groups is 1. The van der Waals surface area contributed by atoms with Crippen molar-refractivity contribution in [1.82, 2.24) is 15.3 Å². The fourth-order valence-electron chi connectivity index (χ4n) is 1.22. The van der Waals surface area contributed by atoms with Gasteiger partial charge in [0.2, 0.25) is 0 Å². The Hall–Kier alpha value is -0.940. The zero-order valence-electron chi connectivity index (χ0n) is 8.37. The number of Topliss-reactive ketones (excluding diaryl/α,β-unsaturated/α-hetero) is 1. The quantitative estimate of drug-likeness (QED) is 0.572. The molecule has 0 aromatic carbocycles. The molecule has 74 valence electrons. The molecule has 1 aliphatic rings. The molecule has 13 heavy (non-hydrogen) atoms. The molecular weight excluding hydrogens is 170 g/mol. The van der Waals surface area contributed by atoms with E-state index in [4.69, 9.17) is 0 Å². The van der Waals surface area contributed by atoms with Crippen LogP contribution in [0.1, 0.15) is 13.8 Å². The molecular formula is C8H15N3O2. The van der Waals surface area contributed by atoms with Gasteiger partial charge in [-0.05, 0) is 27.9 Å². The first-order valence-electron chi connectivity index (χ1n) is 4.25. The number of rotatable bonds is 2. The van der Waals surface area contributed by atoms with Gasteiger partial charge in [0.25, 0.3) is 5.78 Å². The first kappa shape index (κ1) is 10.1. The lowest BCUT2D eigenvalue weighted by atomic mass is 10.3. The lowest BCUT2D eigenvalue weighted by molar-refractivity contribution is -0.142. The van der Waals surface area contributed by atoms with Gasteiger partial charge in [-0.25, -0.2) is 5.43 Å². The molecule has 5 heteroatoms. The van der Waals surface area contributed by atoms with E-state index in [1.54, 1.807) is 19.0 Å². The zero-order valence-corrected chi connectivity index (χ0v) is 8.37. The topological polar surface area (TPSA) is 52.6 Å². The Morgan fingerprint density at radius 2 is 1.92 bits per heavy atom. The minimum absolute atomic E-state index is 0.00130. The molecule has 0 aromatic rings. The lowest BCUT2D eigenvalue weighted by Gasteiger charge is -2.22. The number of nitrogens with one attached hydrogen (secondary N) is 1. The Morgan fingerprint density at radius 1 is 1.38 bits per heavy atom. The number of hydrogen-bond acceptors (Lipinski definition) is 4. The van der Waals surface area contributed by atoms with Crippen LogP contribution in [0.3, 0.4) is 0 Å². The van der Waals surface area contributed by atoms with Crippen LogP contribution in [0.25, 0.3) is 0 Å². The van der Waals surface area contributed by atoms with Crippen molar-refractivity contribution in [2.24, 2.45) is 0 Å². The molecule has 1 saturated heterocycles. The third-order valence-electron chi connectivity index (χ3n) is 1.97. The van der Waals surface area contributed by atoms with Crippen LogP contribution in [0.2, 0.25) is 0 Å². The van der Waals surface area contributed by atoms with Crippen molar-refractivity contribution >= 4 is 11.7 Å². The highest BCUT2D eigenvalue weighted by molar-refractivity contribution is 6.39. The summed E-state index contributed by atoms with van der Waals surface area (Å²) in [6.07, 6.45) is -0.505. The van der Waals surface area contributed by atoms with Gasteiger partial charge in [-0.1, -0.05) is 0 Å². The fraction of sp³-hybridized carbons (Fsp3) is 0.750. The maximum Gasteiger partial charge on any atom is 0.307 e. The van der Waals surface area contributed by atoms with E-state index >= 15 is 0 Å². The summed E-state index contributed by atoms with van der Waals surface area (Å²) in [5.41, 5.74) is 2.85. The van der Waals surface area contributed by atoms with Crippen molar-refractivity contribution in [2.45, 2.75) is 26.1 Å². The Bertz CT molecular complexity index is 214. The number of hydrogen-bond donors (Lipinski definition) is 1. The zero-order chi connectivity index (χ0) is 10.2. The predicted molar refractivity (Wildman–Crippen MR) is 47.6 cm³/mol. The van der Waals surface area contributed by atoms with Crippen molar-refractivity contribution < 1.29 is 9.59 Å². The molecule has 5 nitrogen and oxygen atoms in total. The van der Waals surface area contributed by atoms with Crippen LogP contribution >= 0.6 is 0 Å². The normalized spacial score (nSPS) is 23.8. The average Bonchev–Trinajstić information content (AvgIpc) is 2.29. The van der Waals surface area contributed by atoms with Crippen LogP contribution in [0.5, 0.6) is 0 Å². The van der Waals surface area contributed by atoms with Crippen LogP contribution in [0.15, 0.2) is 0 Å². The molecule has 1 rings (SSSR count). The molecule has 1 fully saturated rings. The standard InChI is InChI=1S/C8H15N3O2/c1-5(2)11-8(13)6(12)7(9-11)10(3)4/h5,7,9H,1-4H3. The number of amides is 1. The summed E-state index contributed by atoms with van der Waals surface area (Å²) in [5.74, 6) is -0.840. The second kappa shape index (κ2) is 3.43. The summed E-state index contributed by atoms with van der Waals surface area (Å²) in [5, 5.41) is 1.37. The third-order valence-corrected chi connectivity index (χ3v) is 1.97. The van der Waals surface area contributed by atoms with Crippen LogP contribution < -0.4 is 5.43 Å². The van der Waals surface area contributed by atoms with Crippen LogP contribution in [0, 0.1) is 0 Å². The molecule has 1 unspecified atom stereocenters. The summed E-state index contributed by atoms with van der Waals surface area (Å²) in [6.45, 7) is 3.71. The van der Waals surface area contributed by atoms with Gasteiger partial charge in [0, 0.05) is 6.04 Å². The number of carbonyl (C=O) groups excluding carboxylic acids is 2. The van der Waals surface area contributed by atoms with Crippen LogP contribution in [-0.4, -0.2) is 47.9 Å². The number of ketones is 1. The number of likely N-dealkylation sites (N-methyl/N-ethyl adjacent to an activating group) is 1. The van der Waals surface area contributed by atoms with Crippen molar-refractivity contribution in [2.75, 3.05) is 14.1 Å². The van der Waals surface area contributed by atoms with Crippen molar-refractivity contribution in [3.63, 3.8) is 0 Å². The van der Waals surface area contributed by atoms with Gasteiger partial charge < -0.3 is 0 Å². The van der Waals surface area contributed by atoms with E-state index in [0.717, 1.165) is 0 Å². The van der Waals surface area contributed by atoms with Crippen molar-refractivity contribution in [1.29, 1.82) is 0 Å². The molecule has 1 aliphatic heterocycles. The van der Waals surface area contributed by atoms with Gasteiger partial charge >= 0.3 is 5.91 Å². The monoisotopic (exact) mass is 185 g/mol. The maximum absolute atomic E-state index is 11.4. The van der Waals surface area contributed by atoms with Crippen LogP contribution in [0.4, 0.5) is 0 Å². The summed E-state index contributed by atoms with van der Waals surface area (Å²) in [6, 6.07) is 0.00130. The van der Waals surface area contributed by atoms with E-state index in [0.29, 0.717) is 0 Å².